The van der Waals surface area contributed by atoms with Crippen LogP contribution in [0.15, 0.2) is 29.2 Å². The van der Waals surface area contributed by atoms with Crippen molar-refractivity contribution in [2.75, 3.05) is 6.54 Å². The number of halogens is 1. The molecule has 0 amide bonds. The maximum atomic E-state index is 11.4. The van der Waals surface area contributed by atoms with E-state index in [1.165, 1.54) is 0 Å². The second kappa shape index (κ2) is 7.17. The highest BCUT2D eigenvalue weighted by Crippen LogP contribution is 2.33. The predicted octanol–water partition coefficient (Wildman–Crippen LogP) is 3.66. The predicted molar refractivity (Wildman–Crippen MR) is 81.1 cm³/mol. The van der Waals surface area contributed by atoms with Crippen molar-refractivity contribution < 1.29 is 9.90 Å². The fourth-order valence-electron chi connectivity index (χ4n) is 2.00. The lowest BCUT2D eigenvalue weighted by molar-refractivity contribution is -0.144. The molecule has 0 spiro atoms. The van der Waals surface area contributed by atoms with E-state index in [2.05, 4.69) is 5.32 Å². The van der Waals surface area contributed by atoms with E-state index >= 15 is 0 Å². The second-order valence-corrected chi connectivity index (χ2v) is 6.62. The minimum Gasteiger partial charge on any atom is -0.480 e. The third kappa shape index (κ3) is 4.71. The minimum atomic E-state index is -0.900. The number of aliphatic carboxylic acids is 1. The van der Waals surface area contributed by atoms with Crippen LogP contribution >= 0.6 is 23.4 Å². The first kappa shape index (κ1) is 16.3. The lowest BCUT2D eigenvalue weighted by atomic mass is 9.96. The van der Waals surface area contributed by atoms with Gasteiger partial charge in [-0.3, -0.25) is 4.79 Å². The normalized spacial score (nSPS) is 15.8. The zero-order chi connectivity index (χ0) is 14.5. The summed E-state index contributed by atoms with van der Waals surface area (Å²) < 4.78 is 0. The molecule has 0 aliphatic carbocycles. The fourth-order valence-corrected chi connectivity index (χ4v) is 3.46. The van der Waals surface area contributed by atoms with Crippen LogP contribution in [0.25, 0.3) is 0 Å². The maximum Gasteiger partial charge on any atom is 0.323 e. The molecule has 3 nitrogen and oxygen atoms in total. The summed E-state index contributed by atoms with van der Waals surface area (Å²) in [5.41, 5.74) is -0.900. The van der Waals surface area contributed by atoms with Crippen LogP contribution in [0.2, 0.25) is 5.02 Å². The number of carboxylic acid groups (broad SMARTS) is 1. The summed E-state index contributed by atoms with van der Waals surface area (Å²) in [6.45, 7) is 6.29. The summed E-state index contributed by atoms with van der Waals surface area (Å²) in [5.74, 6) is -0.819. The van der Waals surface area contributed by atoms with Gasteiger partial charge in [-0.25, -0.2) is 0 Å². The van der Waals surface area contributed by atoms with Gasteiger partial charge in [0.25, 0.3) is 0 Å². The number of rotatable bonds is 7. The van der Waals surface area contributed by atoms with Crippen molar-refractivity contribution in [3.8, 4) is 0 Å². The molecule has 0 saturated heterocycles. The van der Waals surface area contributed by atoms with E-state index in [-0.39, 0.29) is 5.25 Å². The summed E-state index contributed by atoms with van der Waals surface area (Å²) in [7, 11) is 0. The van der Waals surface area contributed by atoms with Gasteiger partial charge in [0.1, 0.15) is 5.54 Å². The van der Waals surface area contributed by atoms with Crippen LogP contribution in [-0.2, 0) is 4.79 Å². The molecule has 0 aliphatic heterocycles. The van der Waals surface area contributed by atoms with Crippen LogP contribution in [0.5, 0.6) is 0 Å². The average molecular weight is 302 g/mol. The lowest BCUT2D eigenvalue weighted by Gasteiger charge is -2.28. The van der Waals surface area contributed by atoms with Gasteiger partial charge in [0.05, 0.1) is 5.02 Å². The van der Waals surface area contributed by atoms with Crippen LogP contribution in [0, 0.1) is 0 Å². The molecule has 0 fully saturated rings. The van der Waals surface area contributed by atoms with Crippen LogP contribution in [-0.4, -0.2) is 28.4 Å². The van der Waals surface area contributed by atoms with E-state index in [1.807, 2.05) is 38.1 Å². The Morgan fingerprint density at radius 1 is 1.53 bits per heavy atom. The van der Waals surface area contributed by atoms with Crippen molar-refractivity contribution in [3.63, 3.8) is 0 Å². The number of thioether (sulfide) groups is 1. The van der Waals surface area contributed by atoms with Crippen molar-refractivity contribution in [2.45, 2.75) is 42.9 Å². The van der Waals surface area contributed by atoms with Gasteiger partial charge in [0.2, 0.25) is 0 Å². The first-order valence-electron chi connectivity index (χ1n) is 6.28. The molecule has 2 unspecified atom stereocenters. The molecule has 106 valence electrons. The van der Waals surface area contributed by atoms with Crippen molar-refractivity contribution >= 4 is 29.3 Å². The molecule has 0 aromatic heterocycles. The molecule has 0 heterocycles. The van der Waals surface area contributed by atoms with Crippen molar-refractivity contribution in [1.29, 1.82) is 0 Å². The van der Waals surface area contributed by atoms with Crippen molar-refractivity contribution in [1.82, 2.24) is 5.32 Å². The molecule has 2 atom stereocenters. The number of hydrogen-bond acceptors (Lipinski definition) is 3. The molecule has 1 aromatic rings. The number of carbonyl (C=O) groups is 1. The molecule has 5 heteroatoms. The smallest absolute Gasteiger partial charge is 0.323 e. The second-order valence-electron chi connectivity index (χ2n) is 4.73. The molecule has 19 heavy (non-hydrogen) atoms. The van der Waals surface area contributed by atoms with E-state index < -0.39 is 11.5 Å². The lowest BCUT2D eigenvalue weighted by Crippen LogP contribution is -2.50. The third-order valence-electron chi connectivity index (χ3n) is 2.90. The quantitative estimate of drug-likeness (QED) is 0.755. The Hall–Kier alpha value is -0.710. The van der Waals surface area contributed by atoms with Gasteiger partial charge >= 0.3 is 5.97 Å². The Kier molecular flexibility index (Phi) is 6.17. The van der Waals surface area contributed by atoms with E-state index in [0.717, 1.165) is 4.90 Å². The van der Waals surface area contributed by atoms with Gasteiger partial charge in [-0.1, -0.05) is 37.6 Å². The number of hydrogen-bond donors (Lipinski definition) is 2. The van der Waals surface area contributed by atoms with Gasteiger partial charge in [-0.15, -0.1) is 11.8 Å². The topological polar surface area (TPSA) is 49.3 Å². The first-order chi connectivity index (χ1) is 8.89. The largest absolute Gasteiger partial charge is 0.480 e. The Labute approximate surface area is 123 Å². The molecular weight excluding hydrogens is 282 g/mol. The molecule has 0 aliphatic rings. The molecule has 0 bridgehead atoms. The Bertz CT molecular complexity index is 441. The minimum absolute atomic E-state index is 0.153. The highest BCUT2D eigenvalue weighted by Gasteiger charge is 2.33. The van der Waals surface area contributed by atoms with Gasteiger partial charge in [-0.05, 0) is 32.0 Å². The Morgan fingerprint density at radius 2 is 2.16 bits per heavy atom. The van der Waals surface area contributed by atoms with E-state index in [9.17, 15) is 9.90 Å². The number of nitrogens with one attached hydrogen (secondary N) is 1. The number of likely N-dealkylation sites (N-methyl/N-ethyl adjacent to an activating group) is 1. The SMILES string of the molecule is CCNC(C)(CC(C)Sc1ccccc1Cl)C(=O)O. The van der Waals surface area contributed by atoms with Crippen LogP contribution in [0.4, 0.5) is 0 Å². The molecule has 1 rings (SSSR count). The number of carboxylic acids is 1. The maximum absolute atomic E-state index is 11.4. The van der Waals surface area contributed by atoms with Gasteiger partial charge in [0.15, 0.2) is 0 Å². The van der Waals surface area contributed by atoms with Crippen LogP contribution < -0.4 is 5.32 Å². The molecular formula is C14H20ClNO2S. The summed E-state index contributed by atoms with van der Waals surface area (Å²) >= 11 is 7.72. The summed E-state index contributed by atoms with van der Waals surface area (Å²) in [6.07, 6.45) is 0.534. The summed E-state index contributed by atoms with van der Waals surface area (Å²) in [6, 6.07) is 7.62. The van der Waals surface area contributed by atoms with Crippen LogP contribution in [0.1, 0.15) is 27.2 Å². The molecule has 0 radical (unpaired) electrons. The monoisotopic (exact) mass is 301 g/mol. The zero-order valence-electron chi connectivity index (χ0n) is 11.4. The molecule has 0 saturated carbocycles. The first-order valence-corrected chi connectivity index (χ1v) is 7.54. The van der Waals surface area contributed by atoms with Crippen LogP contribution in [0.3, 0.4) is 0 Å². The van der Waals surface area contributed by atoms with Crippen molar-refractivity contribution in [2.24, 2.45) is 0 Å². The molecule has 1 aromatic carbocycles. The van der Waals surface area contributed by atoms with E-state index in [0.29, 0.717) is 18.0 Å². The average Bonchev–Trinajstić information content (AvgIpc) is 2.32. The van der Waals surface area contributed by atoms with Crippen molar-refractivity contribution in [3.05, 3.63) is 29.3 Å². The Balaban J connectivity index is 2.71. The third-order valence-corrected chi connectivity index (χ3v) is 4.52. The van der Waals surface area contributed by atoms with E-state index in [1.54, 1.807) is 18.7 Å². The Morgan fingerprint density at radius 3 is 2.68 bits per heavy atom. The fraction of sp³-hybridized carbons (Fsp3) is 0.500. The van der Waals surface area contributed by atoms with Gasteiger partial charge in [0, 0.05) is 10.1 Å². The standard InChI is InChI=1S/C14H20ClNO2S/c1-4-16-14(3,13(17)18)9-10(2)19-12-8-6-5-7-11(12)15/h5-8,10,16H,4,9H2,1-3H3,(H,17,18). The highest BCUT2D eigenvalue weighted by atomic mass is 35.5. The van der Waals surface area contributed by atoms with E-state index in [4.69, 9.17) is 11.6 Å². The zero-order valence-corrected chi connectivity index (χ0v) is 13.0. The number of benzene rings is 1. The summed E-state index contributed by atoms with van der Waals surface area (Å²) in [4.78, 5) is 12.4. The molecule has 2 N–H and O–H groups in total. The van der Waals surface area contributed by atoms with Gasteiger partial charge in [-0.2, -0.15) is 0 Å². The summed E-state index contributed by atoms with van der Waals surface area (Å²) in [5, 5.41) is 13.2. The highest BCUT2D eigenvalue weighted by molar-refractivity contribution is 8.00. The van der Waals surface area contributed by atoms with Gasteiger partial charge < -0.3 is 10.4 Å².